The van der Waals surface area contributed by atoms with Crippen LogP contribution in [0.5, 0.6) is 5.75 Å². The molecule has 238 valence electrons. The van der Waals surface area contributed by atoms with Crippen LogP contribution in [0.15, 0.2) is 54.6 Å². The highest BCUT2D eigenvalue weighted by molar-refractivity contribution is 7.52. The molecule has 2 atom stereocenters. The molecule has 0 spiro atoms. The first kappa shape index (κ1) is 33.4. The van der Waals surface area contributed by atoms with E-state index in [1.54, 1.807) is 45.0 Å². The molecule has 0 aliphatic rings. The van der Waals surface area contributed by atoms with Crippen molar-refractivity contribution in [1.82, 2.24) is 19.6 Å². The Morgan fingerprint density at radius 3 is 2.32 bits per heavy atom. The minimum absolute atomic E-state index is 0.0929. The summed E-state index contributed by atoms with van der Waals surface area (Å²) in [6, 6.07) is 15.4. The molecule has 0 aliphatic heterocycles. The second kappa shape index (κ2) is 13.2. The maximum Gasteiger partial charge on any atom is 0.459 e. The van der Waals surface area contributed by atoms with E-state index < -0.39 is 30.9 Å². The van der Waals surface area contributed by atoms with Gasteiger partial charge in [0.2, 0.25) is 0 Å². The van der Waals surface area contributed by atoms with Crippen LogP contribution in [0.25, 0.3) is 21.9 Å². The molecule has 11 nitrogen and oxygen atoms in total. The molecule has 4 rings (SSSR count). The number of para-hydroxylation sites is 2. The van der Waals surface area contributed by atoms with Gasteiger partial charge in [-0.15, -0.1) is 0 Å². The van der Waals surface area contributed by atoms with Crippen LogP contribution < -0.4 is 15.3 Å². The Morgan fingerprint density at radius 2 is 1.68 bits per heavy atom. The number of carbonyl (C=O) groups excluding carboxylic acids is 1. The molecule has 3 N–H and O–H groups in total. The van der Waals surface area contributed by atoms with Crippen LogP contribution in [0, 0.1) is 5.92 Å². The van der Waals surface area contributed by atoms with Gasteiger partial charge in [-0.2, -0.15) is 5.09 Å². The molecule has 0 aliphatic carbocycles. The Bertz CT molecular complexity index is 1650. The third-order valence-corrected chi connectivity index (χ3v) is 8.33. The summed E-state index contributed by atoms with van der Waals surface area (Å²) in [6.45, 7) is 15.4. The summed E-state index contributed by atoms with van der Waals surface area (Å²) in [5, 5.41) is 3.75. The number of rotatable bonds is 13. The van der Waals surface area contributed by atoms with E-state index in [0.29, 0.717) is 29.5 Å². The lowest BCUT2D eigenvalue weighted by Gasteiger charge is -2.33. The molecule has 0 saturated heterocycles. The smallest absolute Gasteiger partial charge is 0.459 e. The number of nitrogens with one attached hydrogen (secondary N) is 1. The summed E-state index contributed by atoms with van der Waals surface area (Å²) in [5.41, 5.74) is 6.81. The average molecular weight is 626 g/mol. The van der Waals surface area contributed by atoms with Crippen LogP contribution in [0.4, 0.5) is 5.82 Å². The van der Waals surface area contributed by atoms with Gasteiger partial charge in [0.1, 0.15) is 35.3 Å². The summed E-state index contributed by atoms with van der Waals surface area (Å²) in [6.07, 6.45) is 0. The Hall–Kier alpha value is -3.50. The van der Waals surface area contributed by atoms with Gasteiger partial charge in [0, 0.05) is 12.0 Å². The maximum atomic E-state index is 14.5. The maximum absolute atomic E-state index is 14.5. The Balaban J connectivity index is 1.76. The van der Waals surface area contributed by atoms with Crippen molar-refractivity contribution in [2.45, 2.75) is 79.2 Å². The van der Waals surface area contributed by atoms with Gasteiger partial charge in [-0.3, -0.25) is 9.32 Å². The fourth-order valence-corrected chi connectivity index (χ4v) is 6.63. The lowest BCUT2D eigenvalue weighted by Crippen LogP contribution is -2.44. The van der Waals surface area contributed by atoms with Gasteiger partial charge in [-0.05, 0) is 65.7 Å². The number of benzene rings is 2. The van der Waals surface area contributed by atoms with E-state index in [9.17, 15) is 9.36 Å². The standard InChI is InChI=1S/C32H44N5O6P/c1-9-40-19-25-35-27-28(23-17-13-14-18-24(23)34-29(27)33)37(25)32(7,8)20-41-44(39,43-22-15-11-10-12-16-22)36-26(21(2)3)30(38)42-31(4,5)6/h10-18,21,26H,9,19-20H2,1-8H3,(H2,33,34)(H,36,39)/t26-,44?/m0/s1. The summed E-state index contributed by atoms with van der Waals surface area (Å²) in [4.78, 5) is 22.6. The lowest BCUT2D eigenvalue weighted by molar-refractivity contribution is -0.158. The molecule has 0 fully saturated rings. The summed E-state index contributed by atoms with van der Waals surface area (Å²) in [5.74, 6) is 0.389. The molecule has 12 heteroatoms. The van der Waals surface area contributed by atoms with Gasteiger partial charge in [0.25, 0.3) is 0 Å². The monoisotopic (exact) mass is 625 g/mol. The zero-order valence-corrected chi connectivity index (χ0v) is 27.7. The highest BCUT2D eigenvalue weighted by Gasteiger charge is 2.40. The van der Waals surface area contributed by atoms with E-state index in [2.05, 4.69) is 10.1 Å². The van der Waals surface area contributed by atoms with Gasteiger partial charge in [0.05, 0.1) is 23.2 Å². The second-order valence-electron chi connectivity index (χ2n) is 12.6. The molecular weight excluding hydrogens is 581 g/mol. The van der Waals surface area contributed by atoms with Crippen molar-refractivity contribution in [1.29, 1.82) is 0 Å². The fourth-order valence-electron chi connectivity index (χ4n) is 4.82. The minimum Gasteiger partial charge on any atom is -0.459 e. The zero-order valence-electron chi connectivity index (χ0n) is 26.8. The largest absolute Gasteiger partial charge is 0.459 e. The van der Waals surface area contributed by atoms with Crippen LogP contribution in [-0.4, -0.2) is 45.4 Å². The van der Waals surface area contributed by atoms with Gasteiger partial charge in [0.15, 0.2) is 5.82 Å². The number of nitrogens with zero attached hydrogens (tertiary/aromatic N) is 3. The SMILES string of the molecule is CCOCc1nc2c(N)nc3ccccc3c2n1C(C)(C)COP(=O)(N[C@H](C(=O)OC(C)(C)C)C(C)C)Oc1ccccc1. The zero-order chi connectivity index (χ0) is 32.3. The molecular formula is C32H44N5O6P. The van der Waals surface area contributed by atoms with E-state index in [1.807, 2.05) is 69.5 Å². The topological polar surface area (TPSA) is 140 Å². The third-order valence-electron chi connectivity index (χ3n) is 6.81. The van der Waals surface area contributed by atoms with Crippen molar-refractivity contribution in [3.05, 3.63) is 60.4 Å². The minimum atomic E-state index is -4.18. The Morgan fingerprint density at radius 1 is 1.02 bits per heavy atom. The van der Waals surface area contributed by atoms with Crippen molar-refractivity contribution in [3.63, 3.8) is 0 Å². The predicted octanol–water partition coefficient (Wildman–Crippen LogP) is 6.60. The van der Waals surface area contributed by atoms with Gasteiger partial charge in [-0.25, -0.2) is 14.5 Å². The average Bonchev–Trinajstić information content (AvgIpc) is 3.35. The number of pyridine rings is 1. The Kier molecular flexibility index (Phi) is 10.0. The molecule has 2 aromatic carbocycles. The number of nitrogens with two attached hydrogens (primary N) is 1. The van der Waals surface area contributed by atoms with E-state index >= 15 is 0 Å². The first-order valence-corrected chi connectivity index (χ1v) is 16.3. The number of ether oxygens (including phenoxy) is 2. The normalized spacial score (nSPS) is 14.6. The van der Waals surface area contributed by atoms with Crippen molar-refractivity contribution in [3.8, 4) is 5.75 Å². The van der Waals surface area contributed by atoms with Crippen LogP contribution in [-0.2, 0) is 35.5 Å². The van der Waals surface area contributed by atoms with Gasteiger partial charge < -0.3 is 24.3 Å². The third kappa shape index (κ3) is 7.77. The molecule has 2 aromatic heterocycles. The number of anilines is 1. The number of nitrogen functional groups attached to an aromatic ring is 1. The number of fused-ring (bicyclic) bond motifs is 3. The van der Waals surface area contributed by atoms with Crippen molar-refractivity contribution >= 4 is 41.5 Å². The number of aromatic nitrogens is 3. The molecule has 0 amide bonds. The second-order valence-corrected chi connectivity index (χ2v) is 14.3. The summed E-state index contributed by atoms with van der Waals surface area (Å²) < 4.78 is 40.1. The van der Waals surface area contributed by atoms with E-state index in [4.69, 9.17) is 29.2 Å². The lowest BCUT2D eigenvalue weighted by atomic mass is 10.1. The quantitative estimate of drug-likeness (QED) is 0.123. The number of hydrogen-bond donors (Lipinski definition) is 2. The van der Waals surface area contributed by atoms with Crippen molar-refractivity contribution < 1.29 is 27.9 Å². The molecule has 1 unspecified atom stereocenters. The first-order chi connectivity index (χ1) is 20.6. The van der Waals surface area contributed by atoms with Crippen LogP contribution in [0.3, 0.4) is 0 Å². The van der Waals surface area contributed by atoms with E-state index in [0.717, 1.165) is 16.4 Å². The van der Waals surface area contributed by atoms with Crippen LogP contribution in [0.2, 0.25) is 0 Å². The summed E-state index contributed by atoms with van der Waals surface area (Å²) in [7, 11) is -4.18. The van der Waals surface area contributed by atoms with E-state index in [-0.39, 0.29) is 19.1 Å². The molecule has 4 aromatic rings. The number of imidazole rings is 1. The Labute approximate surface area is 259 Å². The van der Waals surface area contributed by atoms with Crippen LogP contribution >= 0.6 is 7.75 Å². The highest BCUT2D eigenvalue weighted by Crippen LogP contribution is 2.47. The number of carbonyl (C=O) groups is 1. The van der Waals surface area contributed by atoms with Gasteiger partial charge in [-0.1, -0.05) is 50.2 Å². The predicted molar refractivity (Wildman–Crippen MR) is 172 cm³/mol. The van der Waals surface area contributed by atoms with E-state index in [1.165, 1.54) is 0 Å². The molecule has 2 heterocycles. The van der Waals surface area contributed by atoms with Crippen molar-refractivity contribution in [2.75, 3.05) is 18.9 Å². The summed E-state index contributed by atoms with van der Waals surface area (Å²) >= 11 is 0. The van der Waals surface area contributed by atoms with Crippen LogP contribution in [0.1, 0.15) is 61.2 Å². The van der Waals surface area contributed by atoms with Gasteiger partial charge >= 0.3 is 13.7 Å². The highest BCUT2D eigenvalue weighted by atomic mass is 31.2. The molecule has 44 heavy (non-hydrogen) atoms. The number of esters is 1. The molecule has 0 saturated carbocycles. The van der Waals surface area contributed by atoms with Crippen molar-refractivity contribution in [2.24, 2.45) is 5.92 Å². The fraction of sp³-hybridized carbons (Fsp3) is 0.469. The number of hydrogen-bond acceptors (Lipinski definition) is 9. The molecule has 0 bridgehead atoms. The first-order valence-electron chi connectivity index (χ1n) is 14.8. The molecule has 0 radical (unpaired) electrons.